The van der Waals surface area contributed by atoms with E-state index in [1.54, 1.807) is 0 Å². The van der Waals surface area contributed by atoms with E-state index < -0.39 is 0 Å². The Kier molecular flexibility index (Phi) is 2.59. The lowest BCUT2D eigenvalue weighted by Gasteiger charge is -2.14. The first-order valence-electron chi connectivity index (χ1n) is 5.40. The van der Waals surface area contributed by atoms with Crippen LogP contribution in [0.4, 0.5) is 0 Å². The van der Waals surface area contributed by atoms with Gasteiger partial charge >= 0.3 is 0 Å². The van der Waals surface area contributed by atoms with Gasteiger partial charge in [-0.2, -0.15) is 5.10 Å². The summed E-state index contributed by atoms with van der Waals surface area (Å²) in [6.45, 7) is 4.32. The predicted molar refractivity (Wildman–Crippen MR) is 55.2 cm³/mol. The smallest absolute Gasteiger partial charge is 0.0778 e. The van der Waals surface area contributed by atoms with Crippen molar-refractivity contribution in [1.82, 2.24) is 9.78 Å². The first-order chi connectivity index (χ1) is 6.68. The molecule has 1 aromatic heterocycles. The Bertz CT molecular complexity index is 306. The molecule has 0 aromatic carbocycles. The molecule has 0 amide bonds. The van der Waals surface area contributed by atoms with Gasteiger partial charge in [0.25, 0.3) is 0 Å². The van der Waals surface area contributed by atoms with Crippen LogP contribution < -0.4 is 0 Å². The van der Waals surface area contributed by atoms with Gasteiger partial charge < -0.3 is 5.11 Å². The van der Waals surface area contributed by atoms with E-state index in [4.69, 9.17) is 0 Å². The molecule has 1 aliphatic rings. The molecule has 78 valence electrons. The van der Waals surface area contributed by atoms with Gasteiger partial charge in [0.2, 0.25) is 0 Å². The highest BCUT2D eigenvalue weighted by Crippen LogP contribution is 2.30. The molecular weight excluding hydrogens is 176 g/mol. The van der Waals surface area contributed by atoms with Crippen molar-refractivity contribution in [3.63, 3.8) is 0 Å². The van der Waals surface area contributed by atoms with Crippen molar-refractivity contribution in [2.75, 3.05) is 0 Å². The summed E-state index contributed by atoms with van der Waals surface area (Å²) >= 11 is 0. The maximum absolute atomic E-state index is 9.73. The van der Waals surface area contributed by atoms with E-state index in [0.29, 0.717) is 5.92 Å². The highest BCUT2D eigenvalue weighted by molar-refractivity contribution is 5.09. The molecule has 3 heteroatoms. The third-order valence-corrected chi connectivity index (χ3v) is 3.07. The summed E-state index contributed by atoms with van der Waals surface area (Å²) in [5.41, 5.74) is 1.25. The number of nitrogens with zero attached hydrogens (tertiary/aromatic N) is 2. The fraction of sp³-hybridized carbons (Fsp3) is 0.727. The molecule has 2 atom stereocenters. The van der Waals surface area contributed by atoms with Crippen LogP contribution in [0.15, 0.2) is 12.4 Å². The van der Waals surface area contributed by atoms with Crippen molar-refractivity contribution < 1.29 is 5.11 Å². The highest BCUT2D eigenvalue weighted by Gasteiger charge is 2.27. The van der Waals surface area contributed by atoms with E-state index in [0.717, 1.165) is 19.3 Å². The molecule has 1 fully saturated rings. The first kappa shape index (κ1) is 9.71. The molecule has 1 heterocycles. The molecule has 0 bridgehead atoms. The van der Waals surface area contributed by atoms with Crippen LogP contribution >= 0.6 is 0 Å². The molecule has 0 spiro atoms. The van der Waals surface area contributed by atoms with Gasteiger partial charge in [0.15, 0.2) is 0 Å². The Morgan fingerprint density at radius 2 is 2.29 bits per heavy atom. The lowest BCUT2D eigenvalue weighted by atomic mass is 10.1. The summed E-state index contributed by atoms with van der Waals surface area (Å²) in [6, 6.07) is 0.211. The zero-order valence-electron chi connectivity index (χ0n) is 8.85. The minimum Gasteiger partial charge on any atom is -0.391 e. The van der Waals surface area contributed by atoms with Crippen LogP contribution in [-0.2, 0) is 0 Å². The van der Waals surface area contributed by atoms with Crippen molar-refractivity contribution >= 4 is 0 Å². The number of rotatable bonds is 2. The minimum absolute atomic E-state index is 0.199. The zero-order chi connectivity index (χ0) is 10.1. The Hall–Kier alpha value is -0.830. The van der Waals surface area contributed by atoms with Gasteiger partial charge in [0, 0.05) is 6.20 Å². The van der Waals surface area contributed by atoms with Crippen LogP contribution in [-0.4, -0.2) is 21.0 Å². The zero-order valence-corrected chi connectivity index (χ0v) is 8.85. The molecule has 1 saturated carbocycles. The second-order valence-electron chi connectivity index (χ2n) is 4.47. The number of aliphatic hydroxyl groups excluding tert-OH is 1. The average molecular weight is 194 g/mol. The molecule has 1 aromatic rings. The maximum Gasteiger partial charge on any atom is 0.0778 e. The molecule has 3 nitrogen and oxygen atoms in total. The summed E-state index contributed by atoms with van der Waals surface area (Å²) in [5.74, 6) is 0.516. The third-order valence-electron chi connectivity index (χ3n) is 3.07. The van der Waals surface area contributed by atoms with E-state index in [9.17, 15) is 5.11 Å². The number of aliphatic hydroxyl groups is 1. The fourth-order valence-corrected chi connectivity index (χ4v) is 2.06. The van der Waals surface area contributed by atoms with Gasteiger partial charge in [0.1, 0.15) is 0 Å². The van der Waals surface area contributed by atoms with Crippen molar-refractivity contribution in [3.05, 3.63) is 18.0 Å². The summed E-state index contributed by atoms with van der Waals surface area (Å²) in [5, 5.41) is 14.1. The lowest BCUT2D eigenvalue weighted by Crippen LogP contribution is -2.18. The summed E-state index contributed by atoms with van der Waals surface area (Å²) in [4.78, 5) is 0. The predicted octanol–water partition coefficient (Wildman–Crippen LogP) is 2.09. The largest absolute Gasteiger partial charge is 0.391 e. The summed E-state index contributed by atoms with van der Waals surface area (Å²) < 4.78 is 1.94. The highest BCUT2D eigenvalue weighted by atomic mass is 16.3. The van der Waals surface area contributed by atoms with Crippen molar-refractivity contribution in [1.29, 1.82) is 0 Å². The van der Waals surface area contributed by atoms with Crippen LogP contribution in [0.2, 0.25) is 0 Å². The second kappa shape index (κ2) is 3.73. The quantitative estimate of drug-likeness (QED) is 0.782. The molecular formula is C11H18N2O. The standard InChI is InChI=1S/C11H18N2O/c1-8(2)9-6-12-13(7-9)10-4-3-5-11(10)14/h6-8,10-11,14H,3-5H2,1-2H3. The van der Waals surface area contributed by atoms with E-state index >= 15 is 0 Å². The van der Waals surface area contributed by atoms with E-state index in [1.807, 2.05) is 10.9 Å². The Labute approximate surface area is 84.7 Å². The maximum atomic E-state index is 9.73. The Morgan fingerprint density at radius 3 is 2.79 bits per heavy atom. The van der Waals surface area contributed by atoms with Gasteiger partial charge in [-0.3, -0.25) is 4.68 Å². The van der Waals surface area contributed by atoms with Gasteiger partial charge in [-0.05, 0) is 30.7 Å². The molecule has 0 radical (unpaired) electrons. The van der Waals surface area contributed by atoms with Gasteiger partial charge in [-0.25, -0.2) is 0 Å². The summed E-state index contributed by atoms with van der Waals surface area (Å²) in [7, 11) is 0. The van der Waals surface area contributed by atoms with Gasteiger partial charge in [-0.1, -0.05) is 13.8 Å². The molecule has 1 aliphatic carbocycles. The van der Waals surface area contributed by atoms with E-state index in [2.05, 4.69) is 25.1 Å². The molecule has 14 heavy (non-hydrogen) atoms. The van der Waals surface area contributed by atoms with Crippen LogP contribution in [0.3, 0.4) is 0 Å². The average Bonchev–Trinajstić information content (AvgIpc) is 2.71. The Morgan fingerprint density at radius 1 is 1.50 bits per heavy atom. The monoisotopic (exact) mass is 194 g/mol. The van der Waals surface area contributed by atoms with Gasteiger partial charge in [-0.15, -0.1) is 0 Å². The van der Waals surface area contributed by atoms with Crippen molar-refractivity contribution in [2.24, 2.45) is 0 Å². The fourth-order valence-electron chi connectivity index (χ4n) is 2.06. The second-order valence-corrected chi connectivity index (χ2v) is 4.47. The molecule has 0 saturated heterocycles. The lowest BCUT2D eigenvalue weighted by molar-refractivity contribution is 0.130. The Balaban J connectivity index is 2.16. The molecule has 2 rings (SSSR count). The number of hydrogen-bond donors (Lipinski definition) is 1. The molecule has 0 aliphatic heterocycles. The number of aromatic nitrogens is 2. The van der Waals surface area contributed by atoms with Crippen LogP contribution in [0.5, 0.6) is 0 Å². The van der Waals surface area contributed by atoms with Crippen LogP contribution in [0.25, 0.3) is 0 Å². The summed E-state index contributed by atoms with van der Waals surface area (Å²) in [6.07, 6.45) is 6.87. The van der Waals surface area contributed by atoms with Crippen LogP contribution in [0.1, 0.15) is 50.6 Å². The molecule has 1 N–H and O–H groups in total. The third kappa shape index (κ3) is 1.69. The topological polar surface area (TPSA) is 38.0 Å². The SMILES string of the molecule is CC(C)c1cnn(C2CCCC2O)c1. The van der Waals surface area contributed by atoms with Crippen LogP contribution in [0, 0.1) is 0 Å². The minimum atomic E-state index is -0.199. The van der Waals surface area contributed by atoms with Crippen molar-refractivity contribution in [2.45, 2.75) is 51.2 Å². The van der Waals surface area contributed by atoms with Crippen molar-refractivity contribution in [3.8, 4) is 0 Å². The van der Waals surface area contributed by atoms with E-state index in [-0.39, 0.29) is 12.1 Å². The number of hydrogen-bond acceptors (Lipinski definition) is 2. The van der Waals surface area contributed by atoms with Gasteiger partial charge in [0.05, 0.1) is 18.3 Å². The molecule has 2 unspecified atom stereocenters. The normalized spacial score (nSPS) is 27.4. The van der Waals surface area contributed by atoms with E-state index in [1.165, 1.54) is 5.56 Å². The first-order valence-corrected chi connectivity index (χ1v) is 5.40.